The van der Waals surface area contributed by atoms with Gasteiger partial charge in [-0.2, -0.15) is 0 Å². The molecule has 0 unspecified atom stereocenters. The molecule has 114 valence electrons. The molecular formula is C16H16N2O4. The summed E-state index contributed by atoms with van der Waals surface area (Å²) in [6.07, 6.45) is 0.267. The van der Waals surface area contributed by atoms with Crippen molar-refractivity contribution in [1.82, 2.24) is 0 Å². The largest absolute Gasteiger partial charge is 0.450 e. The fraction of sp³-hybridized carbons (Fsp3) is 0.188. The highest BCUT2D eigenvalue weighted by Crippen LogP contribution is 2.17. The van der Waals surface area contributed by atoms with Crippen LogP contribution in [0.4, 0.5) is 10.5 Å². The zero-order valence-corrected chi connectivity index (χ0v) is 12.1. The highest BCUT2D eigenvalue weighted by atomic mass is 16.7. The van der Waals surface area contributed by atoms with E-state index in [-0.39, 0.29) is 0 Å². The lowest BCUT2D eigenvalue weighted by atomic mass is 10.0. The predicted octanol–water partition coefficient (Wildman–Crippen LogP) is 3.91. The maximum absolute atomic E-state index is 11.3. The number of hydrogen-bond acceptors (Lipinski definition) is 5. The fourth-order valence-electron chi connectivity index (χ4n) is 1.94. The van der Waals surface area contributed by atoms with Crippen molar-refractivity contribution in [1.29, 1.82) is 0 Å². The minimum Gasteiger partial charge on any atom is -0.450 e. The van der Waals surface area contributed by atoms with Crippen LogP contribution in [0.25, 0.3) is 0 Å². The number of rotatable bonds is 6. The summed E-state index contributed by atoms with van der Waals surface area (Å²) >= 11 is 0. The molecule has 0 aliphatic heterocycles. The van der Waals surface area contributed by atoms with Gasteiger partial charge in [0.25, 0.3) is 0 Å². The highest BCUT2D eigenvalue weighted by Gasteiger charge is 2.02. The van der Waals surface area contributed by atoms with E-state index in [1.807, 2.05) is 36.4 Å². The monoisotopic (exact) mass is 300 g/mol. The van der Waals surface area contributed by atoms with Crippen LogP contribution in [0.2, 0.25) is 0 Å². The lowest BCUT2D eigenvalue weighted by Crippen LogP contribution is -2.13. The molecule has 2 aromatic carbocycles. The molecule has 0 fully saturated rings. The molecule has 0 atom stereocenters. The van der Waals surface area contributed by atoms with Crippen LogP contribution in [0, 0.1) is 4.91 Å². The van der Waals surface area contributed by atoms with Gasteiger partial charge in [-0.05, 0) is 48.7 Å². The number of nitrogens with one attached hydrogen (secondary N) is 1. The van der Waals surface area contributed by atoms with E-state index in [1.165, 1.54) is 0 Å². The standard InChI is InChI=1S/C16H16N2O4/c1-2-21-16(19)17-14-7-3-12(4-8-14)11-13-5-9-15(10-6-13)22-18-20/h3-10H,2,11H2,1H3,(H,17,19). The zero-order valence-electron chi connectivity index (χ0n) is 12.1. The topological polar surface area (TPSA) is 77.0 Å². The van der Waals surface area contributed by atoms with Crippen molar-refractivity contribution in [2.75, 3.05) is 11.9 Å². The summed E-state index contributed by atoms with van der Waals surface area (Å²) in [5.41, 5.74) is 2.85. The van der Waals surface area contributed by atoms with Crippen molar-refractivity contribution in [3.8, 4) is 5.75 Å². The van der Waals surface area contributed by atoms with Gasteiger partial charge < -0.3 is 9.57 Å². The number of anilines is 1. The maximum Gasteiger partial charge on any atom is 0.411 e. The molecule has 0 aromatic heterocycles. The molecule has 22 heavy (non-hydrogen) atoms. The average Bonchev–Trinajstić information content (AvgIpc) is 2.52. The van der Waals surface area contributed by atoms with Gasteiger partial charge in [-0.25, -0.2) is 4.79 Å². The van der Waals surface area contributed by atoms with Gasteiger partial charge in [0.1, 0.15) is 0 Å². The number of carbonyl (C=O) groups excluding carboxylic acids is 1. The lowest BCUT2D eigenvalue weighted by molar-refractivity contribution is 0.168. The van der Waals surface area contributed by atoms with E-state index < -0.39 is 6.09 Å². The fourth-order valence-corrected chi connectivity index (χ4v) is 1.94. The third-order valence-electron chi connectivity index (χ3n) is 2.95. The minimum atomic E-state index is -0.463. The van der Waals surface area contributed by atoms with Gasteiger partial charge in [-0.3, -0.25) is 5.32 Å². The second kappa shape index (κ2) is 7.78. The second-order valence-corrected chi connectivity index (χ2v) is 4.53. The Morgan fingerprint density at radius 3 is 2.18 bits per heavy atom. The first-order valence-corrected chi connectivity index (χ1v) is 6.82. The van der Waals surface area contributed by atoms with Crippen LogP contribution in [-0.4, -0.2) is 12.7 Å². The Morgan fingerprint density at radius 1 is 1.05 bits per heavy atom. The van der Waals surface area contributed by atoms with E-state index in [1.54, 1.807) is 19.1 Å². The van der Waals surface area contributed by atoms with Crippen molar-refractivity contribution in [3.63, 3.8) is 0 Å². The third kappa shape index (κ3) is 4.59. The summed E-state index contributed by atoms with van der Waals surface area (Å²) in [6, 6.07) is 14.6. The Kier molecular flexibility index (Phi) is 5.48. The molecule has 0 saturated carbocycles. The molecule has 0 spiro atoms. The number of benzene rings is 2. The van der Waals surface area contributed by atoms with Crippen molar-refractivity contribution < 1.29 is 14.4 Å². The van der Waals surface area contributed by atoms with Crippen LogP contribution >= 0.6 is 0 Å². The molecule has 1 amide bonds. The Balaban J connectivity index is 1.95. The molecule has 0 radical (unpaired) electrons. The van der Waals surface area contributed by atoms with Gasteiger partial charge in [-0.15, -0.1) is 4.91 Å². The predicted molar refractivity (Wildman–Crippen MR) is 82.8 cm³/mol. The molecule has 0 heterocycles. The first-order valence-electron chi connectivity index (χ1n) is 6.82. The second-order valence-electron chi connectivity index (χ2n) is 4.53. The molecule has 0 aliphatic carbocycles. The molecule has 2 aromatic rings. The molecule has 2 rings (SSSR count). The van der Waals surface area contributed by atoms with Crippen molar-refractivity contribution in [2.24, 2.45) is 5.34 Å². The Morgan fingerprint density at radius 2 is 1.64 bits per heavy atom. The van der Waals surface area contributed by atoms with Crippen LogP contribution in [0.5, 0.6) is 5.75 Å². The van der Waals surface area contributed by atoms with E-state index >= 15 is 0 Å². The molecular weight excluding hydrogens is 284 g/mol. The van der Waals surface area contributed by atoms with Crippen molar-refractivity contribution >= 4 is 11.8 Å². The molecule has 0 aliphatic rings. The van der Waals surface area contributed by atoms with Crippen LogP contribution in [-0.2, 0) is 11.2 Å². The summed E-state index contributed by atoms with van der Waals surface area (Å²) in [6.45, 7) is 2.09. The van der Waals surface area contributed by atoms with E-state index in [9.17, 15) is 9.70 Å². The summed E-state index contributed by atoms with van der Waals surface area (Å²) in [7, 11) is 0. The van der Waals surface area contributed by atoms with E-state index in [0.29, 0.717) is 18.0 Å². The van der Waals surface area contributed by atoms with Gasteiger partial charge in [0.2, 0.25) is 0 Å². The van der Waals surface area contributed by atoms with Crippen molar-refractivity contribution in [3.05, 3.63) is 64.6 Å². The number of carbonyl (C=O) groups is 1. The first kappa shape index (κ1) is 15.5. The number of hydrogen-bond donors (Lipinski definition) is 1. The Labute approximate surface area is 128 Å². The van der Waals surface area contributed by atoms with Crippen LogP contribution < -0.4 is 10.2 Å². The van der Waals surface area contributed by atoms with Gasteiger partial charge in [0.15, 0.2) is 11.1 Å². The molecule has 6 nitrogen and oxygen atoms in total. The van der Waals surface area contributed by atoms with Gasteiger partial charge >= 0.3 is 6.09 Å². The lowest BCUT2D eigenvalue weighted by Gasteiger charge is -2.07. The summed E-state index contributed by atoms with van der Waals surface area (Å²) < 4.78 is 4.81. The first-order chi connectivity index (χ1) is 10.7. The van der Waals surface area contributed by atoms with Gasteiger partial charge in [-0.1, -0.05) is 24.3 Å². The maximum atomic E-state index is 11.3. The molecule has 0 bridgehead atoms. The molecule has 1 N–H and O–H groups in total. The van der Waals surface area contributed by atoms with Crippen molar-refractivity contribution in [2.45, 2.75) is 13.3 Å². The smallest absolute Gasteiger partial charge is 0.411 e. The average molecular weight is 300 g/mol. The number of amides is 1. The quantitative estimate of drug-likeness (QED) is 0.648. The van der Waals surface area contributed by atoms with E-state index in [2.05, 4.69) is 15.5 Å². The van der Waals surface area contributed by atoms with Crippen LogP contribution in [0.1, 0.15) is 18.1 Å². The molecule has 6 heteroatoms. The van der Waals surface area contributed by atoms with Crippen LogP contribution in [0.15, 0.2) is 53.9 Å². The SMILES string of the molecule is CCOC(=O)Nc1ccc(Cc2ccc(ON=O)cc2)cc1. The Hall–Kier alpha value is -2.89. The number of ether oxygens (including phenoxy) is 1. The van der Waals surface area contributed by atoms with E-state index in [4.69, 9.17) is 4.74 Å². The summed E-state index contributed by atoms with van der Waals surface area (Å²) in [4.78, 5) is 25.8. The van der Waals surface area contributed by atoms with Gasteiger partial charge in [0, 0.05) is 5.69 Å². The summed E-state index contributed by atoms with van der Waals surface area (Å²) in [5.74, 6) is 0.410. The molecule has 0 saturated heterocycles. The highest BCUT2D eigenvalue weighted by molar-refractivity contribution is 5.84. The third-order valence-corrected chi connectivity index (χ3v) is 2.95. The van der Waals surface area contributed by atoms with Crippen LogP contribution in [0.3, 0.4) is 0 Å². The number of nitrogens with zero attached hydrogens (tertiary/aromatic N) is 1. The van der Waals surface area contributed by atoms with E-state index in [0.717, 1.165) is 17.5 Å². The zero-order chi connectivity index (χ0) is 15.8. The summed E-state index contributed by atoms with van der Waals surface area (Å²) in [5, 5.41) is 5.01. The van der Waals surface area contributed by atoms with Gasteiger partial charge in [0.05, 0.1) is 6.61 Å². The Bertz CT molecular complexity index is 624. The minimum absolute atomic E-state index is 0.337. The normalized spacial score (nSPS) is 9.86.